The van der Waals surface area contributed by atoms with Crippen molar-refractivity contribution in [1.82, 2.24) is 14.6 Å². The molecule has 6 nitrogen and oxygen atoms in total. The van der Waals surface area contributed by atoms with Gasteiger partial charge in [0.2, 0.25) is 10.0 Å². The lowest BCUT2D eigenvalue weighted by atomic mass is 10.1. The first kappa shape index (κ1) is 19.5. The summed E-state index contributed by atoms with van der Waals surface area (Å²) < 4.78 is 34.4. The molecule has 0 aliphatic carbocycles. The number of aryl methyl sites for hydroxylation is 1. The van der Waals surface area contributed by atoms with E-state index in [1.54, 1.807) is 36.7 Å². The molecule has 0 saturated carbocycles. The highest BCUT2D eigenvalue weighted by Gasteiger charge is 2.25. The van der Waals surface area contributed by atoms with Crippen LogP contribution in [0.15, 0.2) is 58.2 Å². The molecule has 0 saturated heterocycles. The lowest BCUT2D eigenvalue weighted by Crippen LogP contribution is -2.38. The fraction of sp³-hybridized carbons (Fsp3) is 0.350. The molecular formula is C20H25N3O3S. The quantitative estimate of drug-likeness (QED) is 0.640. The van der Waals surface area contributed by atoms with Crippen molar-refractivity contribution in [2.24, 2.45) is 0 Å². The molecule has 0 bridgehead atoms. The summed E-state index contributed by atoms with van der Waals surface area (Å²) in [6, 6.07) is 10.5. The Labute approximate surface area is 160 Å². The molecule has 1 aromatic carbocycles. The van der Waals surface area contributed by atoms with E-state index in [0.717, 1.165) is 24.4 Å². The van der Waals surface area contributed by atoms with Gasteiger partial charge in [0.25, 0.3) is 0 Å². The molecule has 2 heterocycles. The van der Waals surface area contributed by atoms with Gasteiger partial charge in [-0.3, -0.25) is 9.88 Å². The van der Waals surface area contributed by atoms with E-state index in [-0.39, 0.29) is 17.5 Å². The number of hydrogen-bond acceptors (Lipinski definition) is 5. The SMILES string of the molecule is CCN(CC)C(CNS(=O)(=O)c1ccc(C)c2ncccc12)c1ccco1. The topological polar surface area (TPSA) is 75.4 Å². The molecule has 0 amide bonds. The van der Waals surface area contributed by atoms with Gasteiger partial charge in [0.1, 0.15) is 5.76 Å². The van der Waals surface area contributed by atoms with Crippen LogP contribution < -0.4 is 4.72 Å². The summed E-state index contributed by atoms with van der Waals surface area (Å²) in [6.07, 6.45) is 3.28. The summed E-state index contributed by atoms with van der Waals surface area (Å²) in [5.74, 6) is 0.747. The Morgan fingerprint density at radius 2 is 1.93 bits per heavy atom. The third kappa shape index (κ3) is 4.05. The van der Waals surface area contributed by atoms with Crippen molar-refractivity contribution in [1.29, 1.82) is 0 Å². The molecule has 2 aromatic heterocycles. The van der Waals surface area contributed by atoms with Crippen LogP contribution in [0.5, 0.6) is 0 Å². The third-order valence-corrected chi connectivity index (χ3v) is 6.29. The van der Waals surface area contributed by atoms with E-state index in [1.165, 1.54) is 0 Å². The largest absolute Gasteiger partial charge is 0.468 e. The van der Waals surface area contributed by atoms with Gasteiger partial charge >= 0.3 is 0 Å². The molecule has 0 aliphatic heterocycles. The maximum absolute atomic E-state index is 13.0. The van der Waals surface area contributed by atoms with Gasteiger partial charge in [0.15, 0.2) is 0 Å². The van der Waals surface area contributed by atoms with Crippen molar-refractivity contribution in [3.05, 3.63) is 60.2 Å². The average molecular weight is 388 g/mol. The second kappa shape index (κ2) is 8.21. The second-order valence-electron chi connectivity index (χ2n) is 6.38. The zero-order valence-corrected chi connectivity index (χ0v) is 16.7. The fourth-order valence-corrected chi connectivity index (χ4v) is 4.58. The molecule has 0 radical (unpaired) electrons. The van der Waals surface area contributed by atoms with Crippen LogP contribution in [0.4, 0.5) is 0 Å². The van der Waals surface area contributed by atoms with Gasteiger partial charge in [-0.05, 0) is 55.9 Å². The summed E-state index contributed by atoms with van der Waals surface area (Å²) in [6.45, 7) is 7.84. The van der Waals surface area contributed by atoms with Crippen molar-refractivity contribution in [2.45, 2.75) is 31.7 Å². The van der Waals surface area contributed by atoms with E-state index in [4.69, 9.17) is 4.42 Å². The zero-order valence-electron chi connectivity index (χ0n) is 15.8. The standard InChI is InChI=1S/C20H25N3O3S/c1-4-23(5-2)17(18-9-7-13-26-18)14-22-27(24,25)19-11-10-15(3)20-16(19)8-6-12-21-20/h6-13,17,22H,4-5,14H2,1-3H3. The predicted molar refractivity (Wildman–Crippen MR) is 106 cm³/mol. The fourth-order valence-electron chi connectivity index (χ4n) is 3.34. The van der Waals surface area contributed by atoms with Gasteiger partial charge in [-0.2, -0.15) is 0 Å². The number of likely N-dealkylation sites (N-methyl/N-ethyl adjacent to an activating group) is 1. The van der Waals surface area contributed by atoms with E-state index in [0.29, 0.717) is 10.9 Å². The summed E-state index contributed by atoms with van der Waals surface area (Å²) >= 11 is 0. The molecule has 3 rings (SSSR count). The van der Waals surface area contributed by atoms with Gasteiger partial charge < -0.3 is 4.42 Å². The highest BCUT2D eigenvalue weighted by atomic mass is 32.2. The summed E-state index contributed by atoms with van der Waals surface area (Å²) in [7, 11) is -3.70. The molecule has 3 aromatic rings. The van der Waals surface area contributed by atoms with Crippen LogP contribution in [-0.2, 0) is 10.0 Å². The molecule has 144 valence electrons. The number of pyridine rings is 1. The van der Waals surface area contributed by atoms with E-state index in [9.17, 15) is 8.42 Å². The van der Waals surface area contributed by atoms with Crippen LogP contribution in [0.1, 0.15) is 31.2 Å². The predicted octanol–water partition coefficient (Wildman–Crippen LogP) is 3.50. The number of benzene rings is 1. The molecule has 1 atom stereocenters. The summed E-state index contributed by atoms with van der Waals surface area (Å²) in [5.41, 5.74) is 1.65. The number of fused-ring (bicyclic) bond motifs is 1. The van der Waals surface area contributed by atoms with Crippen LogP contribution in [0, 0.1) is 6.92 Å². The van der Waals surface area contributed by atoms with E-state index in [1.807, 2.05) is 32.9 Å². The Hall–Kier alpha value is -2.22. The van der Waals surface area contributed by atoms with Crippen LogP contribution in [-0.4, -0.2) is 37.9 Å². The van der Waals surface area contributed by atoms with Crippen molar-refractivity contribution in [3.8, 4) is 0 Å². The average Bonchev–Trinajstić information content (AvgIpc) is 3.20. The number of sulfonamides is 1. The first-order valence-corrected chi connectivity index (χ1v) is 10.6. The van der Waals surface area contributed by atoms with E-state index in [2.05, 4.69) is 14.6 Å². The van der Waals surface area contributed by atoms with E-state index >= 15 is 0 Å². The molecule has 0 aliphatic rings. The van der Waals surface area contributed by atoms with Crippen LogP contribution in [0.3, 0.4) is 0 Å². The number of furan rings is 1. The number of nitrogens with zero attached hydrogens (tertiary/aromatic N) is 2. The highest BCUT2D eigenvalue weighted by Crippen LogP contribution is 2.25. The molecule has 0 fully saturated rings. The third-order valence-electron chi connectivity index (χ3n) is 4.81. The number of nitrogens with one attached hydrogen (secondary N) is 1. The number of aromatic nitrogens is 1. The molecule has 1 unspecified atom stereocenters. The van der Waals surface area contributed by atoms with Crippen molar-refractivity contribution >= 4 is 20.9 Å². The zero-order chi connectivity index (χ0) is 19.4. The Bertz CT molecular complexity index is 996. The van der Waals surface area contributed by atoms with Crippen molar-refractivity contribution in [2.75, 3.05) is 19.6 Å². The molecule has 7 heteroatoms. The Morgan fingerprint density at radius 3 is 2.59 bits per heavy atom. The summed E-state index contributed by atoms with van der Waals surface area (Å²) in [5, 5.41) is 0.627. The smallest absolute Gasteiger partial charge is 0.241 e. The van der Waals surface area contributed by atoms with E-state index < -0.39 is 10.0 Å². The normalized spacial score (nSPS) is 13.3. The first-order valence-electron chi connectivity index (χ1n) is 9.09. The van der Waals surface area contributed by atoms with Gasteiger partial charge in [-0.1, -0.05) is 19.9 Å². The Balaban J connectivity index is 1.91. The summed E-state index contributed by atoms with van der Waals surface area (Å²) in [4.78, 5) is 6.74. The Morgan fingerprint density at radius 1 is 1.15 bits per heavy atom. The lowest BCUT2D eigenvalue weighted by molar-refractivity contribution is 0.194. The minimum absolute atomic E-state index is 0.167. The van der Waals surface area contributed by atoms with Gasteiger partial charge in [0.05, 0.1) is 22.7 Å². The molecule has 1 N–H and O–H groups in total. The van der Waals surface area contributed by atoms with Crippen molar-refractivity contribution < 1.29 is 12.8 Å². The van der Waals surface area contributed by atoms with Crippen molar-refractivity contribution in [3.63, 3.8) is 0 Å². The lowest BCUT2D eigenvalue weighted by Gasteiger charge is -2.28. The van der Waals surface area contributed by atoms with Crippen LogP contribution in [0.2, 0.25) is 0 Å². The highest BCUT2D eigenvalue weighted by molar-refractivity contribution is 7.89. The number of rotatable bonds is 8. The maximum Gasteiger partial charge on any atom is 0.241 e. The Kier molecular flexibility index (Phi) is 5.94. The molecular weight excluding hydrogens is 362 g/mol. The molecule has 27 heavy (non-hydrogen) atoms. The second-order valence-corrected chi connectivity index (χ2v) is 8.12. The van der Waals surface area contributed by atoms with Gasteiger partial charge in [-0.15, -0.1) is 0 Å². The maximum atomic E-state index is 13.0. The van der Waals surface area contributed by atoms with Gasteiger partial charge in [0, 0.05) is 18.1 Å². The first-order chi connectivity index (χ1) is 13.0. The van der Waals surface area contributed by atoms with Crippen LogP contribution >= 0.6 is 0 Å². The molecule has 0 spiro atoms. The van der Waals surface area contributed by atoms with Crippen LogP contribution in [0.25, 0.3) is 10.9 Å². The monoisotopic (exact) mass is 387 g/mol. The number of hydrogen-bond donors (Lipinski definition) is 1. The van der Waals surface area contributed by atoms with Gasteiger partial charge in [-0.25, -0.2) is 13.1 Å². The minimum Gasteiger partial charge on any atom is -0.468 e. The minimum atomic E-state index is -3.70.